The van der Waals surface area contributed by atoms with Crippen LogP contribution in [0.4, 0.5) is 0 Å². The number of ether oxygens (including phenoxy) is 1. The van der Waals surface area contributed by atoms with Crippen molar-refractivity contribution < 1.29 is 17.9 Å². The molecule has 0 aromatic heterocycles. The van der Waals surface area contributed by atoms with Crippen molar-refractivity contribution >= 4 is 15.9 Å². The third kappa shape index (κ3) is 3.88. The molecule has 7 heteroatoms. The topological polar surface area (TPSA) is 66.9 Å². The zero-order valence-electron chi connectivity index (χ0n) is 14.8. The Kier molecular flexibility index (Phi) is 5.46. The highest BCUT2D eigenvalue weighted by Gasteiger charge is 2.41. The highest BCUT2D eigenvalue weighted by molar-refractivity contribution is 7.89. The van der Waals surface area contributed by atoms with E-state index in [1.54, 1.807) is 30.3 Å². The summed E-state index contributed by atoms with van der Waals surface area (Å²) in [6.07, 6.45) is 1.33. The SMILES string of the molecule is CCC[C@@H](C)C(=O)N1C[C@@H]2CN(S(=O)(=O)c3ccccc3)C[C@H](C1)O2. The number of hydrogen-bond donors (Lipinski definition) is 0. The number of carbonyl (C=O) groups excluding carboxylic acids is 1. The first kappa shape index (κ1) is 18.4. The number of fused-ring (bicyclic) bond motifs is 2. The standard InChI is InChI=1S/C18H26N2O4S/c1-3-7-14(2)18(21)19-10-15-12-20(13-16(11-19)24-15)25(22,23)17-8-5-4-6-9-17/h4-6,8-9,14-16H,3,7,10-13H2,1-2H3/t14-,15-,16+/m1/s1. The van der Waals surface area contributed by atoms with Gasteiger partial charge in [-0.25, -0.2) is 8.42 Å². The fraction of sp³-hybridized carbons (Fsp3) is 0.611. The minimum absolute atomic E-state index is 0.00739. The third-order valence-corrected chi connectivity index (χ3v) is 6.73. The van der Waals surface area contributed by atoms with E-state index in [2.05, 4.69) is 6.92 Å². The Balaban J connectivity index is 1.70. The Labute approximate surface area is 149 Å². The largest absolute Gasteiger partial charge is 0.369 e. The monoisotopic (exact) mass is 366 g/mol. The zero-order chi connectivity index (χ0) is 18.0. The van der Waals surface area contributed by atoms with Crippen LogP contribution in [0.3, 0.4) is 0 Å². The molecule has 0 N–H and O–H groups in total. The van der Waals surface area contributed by atoms with Gasteiger partial charge in [0, 0.05) is 32.1 Å². The maximum Gasteiger partial charge on any atom is 0.243 e. The first-order valence-electron chi connectivity index (χ1n) is 8.91. The molecule has 2 bridgehead atoms. The molecule has 0 saturated carbocycles. The molecule has 0 radical (unpaired) electrons. The van der Waals surface area contributed by atoms with Crippen molar-refractivity contribution in [2.45, 2.75) is 43.8 Å². The number of benzene rings is 1. The van der Waals surface area contributed by atoms with E-state index in [0.717, 1.165) is 12.8 Å². The van der Waals surface area contributed by atoms with Crippen molar-refractivity contribution in [3.63, 3.8) is 0 Å². The van der Waals surface area contributed by atoms with Gasteiger partial charge in [0.2, 0.25) is 15.9 Å². The lowest BCUT2D eigenvalue weighted by molar-refractivity contribution is -0.157. The quantitative estimate of drug-likeness (QED) is 0.796. The Morgan fingerprint density at radius 1 is 1.16 bits per heavy atom. The van der Waals surface area contributed by atoms with Crippen molar-refractivity contribution in [3.05, 3.63) is 30.3 Å². The van der Waals surface area contributed by atoms with Crippen LogP contribution in [0.25, 0.3) is 0 Å². The minimum Gasteiger partial charge on any atom is -0.369 e. The van der Waals surface area contributed by atoms with Crippen LogP contribution >= 0.6 is 0 Å². The number of morpholine rings is 2. The molecule has 3 atom stereocenters. The Morgan fingerprint density at radius 2 is 1.76 bits per heavy atom. The van der Waals surface area contributed by atoms with Gasteiger partial charge in [-0.3, -0.25) is 4.79 Å². The first-order valence-corrected chi connectivity index (χ1v) is 10.3. The van der Waals surface area contributed by atoms with Crippen LogP contribution in [0.15, 0.2) is 35.2 Å². The van der Waals surface area contributed by atoms with Gasteiger partial charge in [0.05, 0.1) is 17.1 Å². The normalized spacial score (nSPS) is 25.6. The van der Waals surface area contributed by atoms with Gasteiger partial charge in [-0.1, -0.05) is 38.5 Å². The molecular formula is C18H26N2O4S. The van der Waals surface area contributed by atoms with Crippen LogP contribution in [-0.4, -0.2) is 61.9 Å². The number of sulfonamides is 1. The number of hydrogen-bond acceptors (Lipinski definition) is 4. The van der Waals surface area contributed by atoms with Gasteiger partial charge in [-0.15, -0.1) is 0 Å². The van der Waals surface area contributed by atoms with Gasteiger partial charge in [-0.2, -0.15) is 4.31 Å². The van der Waals surface area contributed by atoms with E-state index in [1.165, 1.54) is 4.31 Å². The highest BCUT2D eigenvalue weighted by Crippen LogP contribution is 2.26. The summed E-state index contributed by atoms with van der Waals surface area (Å²) in [7, 11) is -3.52. The van der Waals surface area contributed by atoms with Gasteiger partial charge >= 0.3 is 0 Å². The fourth-order valence-corrected chi connectivity index (χ4v) is 5.16. The minimum atomic E-state index is -3.52. The molecule has 1 amide bonds. The molecule has 2 saturated heterocycles. The van der Waals surface area contributed by atoms with Crippen LogP contribution in [0.5, 0.6) is 0 Å². The number of carbonyl (C=O) groups is 1. The van der Waals surface area contributed by atoms with Crippen molar-refractivity contribution in [1.82, 2.24) is 9.21 Å². The summed E-state index contributed by atoms with van der Waals surface area (Å²) in [5.74, 6) is 0.160. The summed E-state index contributed by atoms with van der Waals surface area (Å²) in [5.41, 5.74) is 0. The Morgan fingerprint density at radius 3 is 2.32 bits per heavy atom. The molecular weight excluding hydrogens is 340 g/mol. The molecule has 0 aliphatic carbocycles. The molecule has 25 heavy (non-hydrogen) atoms. The molecule has 3 rings (SSSR count). The molecule has 0 spiro atoms. The van der Waals surface area contributed by atoms with E-state index in [4.69, 9.17) is 4.74 Å². The molecule has 2 aliphatic rings. The number of nitrogens with zero attached hydrogens (tertiary/aromatic N) is 2. The maximum atomic E-state index is 12.8. The predicted octanol–water partition coefficient (Wildman–Crippen LogP) is 1.72. The van der Waals surface area contributed by atoms with Crippen molar-refractivity contribution in [1.29, 1.82) is 0 Å². The van der Waals surface area contributed by atoms with E-state index in [-0.39, 0.29) is 24.0 Å². The molecule has 1 aromatic carbocycles. The van der Waals surface area contributed by atoms with E-state index < -0.39 is 10.0 Å². The van der Waals surface area contributed by atoms with Crippen LogP contribution in [0, 0.1) is 5.92 Å². The molecule has 2 aliphatic heterocycles. The van der Waals surface area contributed by atoms with Gasteiger partial charge in [0.25, 0.3) is 0 Å². The fourth-order valence-electron chi connectivity index (χ4n) is 3.64. The van der Waals surface area contributed by atoms with Gasteiger partial charge in [0.1, 0.15) is 0 Å². The van der Waals surface area contributed by atoms with Crippen molar-refractivity contribution in [2.75, 3.05) is 26.2 Å². The predicted molar refractivity (Wildman–Crippen MR) is 94.5 cm³/mol. The number of rotatable bonds is 5. The molecule has 1 aromatic rings. The first-order chi connectivity index (χ1) is 11.9. The summed E-state index contributed by atoms with van der Waals surface area (Å²) >= 11 is 0. The molecule has 2 fully saturated rings. The third-order valence-electron chi connectivity index (χ3n) is 4.88. The van der Waals surface area contributed by atoms with E-state index in [9.17, 15) is 13.2 Å². The summed E-state index contributed by atoms with van der Waals surface area (Å²) in [4.78, 5) is 14.7. The van der Waals surface area contributed by atoms with Crippen LogP contribution < -0.4 is 0 Å². The maximum absolute atomic E-state index is 12.8. The molecule has 2 heterocycles. The Bertz CT molecular complexity index is 693. The number of amides is 1. The average molecular weight is 366 g/mol. The van der Waals surface area contributed by atoms with E-state index in [0.29, 0.717) is 31.1 Å². The summed E-state index contributed by atoms with van der Waals surface area (Å²) in [6, 6.07) is 8.48. The average Bonchev–Trinajstić information content (AvgIpc) is 2.61. The summed E-state index contributed by atoms with van der Waals surface area (Å²) in [6.45, 7) is 5.54. The van der Waals surface area contributed by atoms with Crippen LogP contribution in [-0.2, 0) is 19.6 Å². The lowest BCUT2D eigenvalue weighted by atomic mass is 10.0. The van der Waals surface area contributed by atoms with Gasteiger partial charge < -0.3 is 9.64 Å². The highest BCUT2D eigenvalue weighted by atomic mass is 32.2. The second-order valence-corrected chi connectivity index (χ2v) is 8.89. The second kappa shape index (κ2) is 7.43. The van der Waals surface area contributed by atoms with Crippen molar-refractivity contribution in [2.24, 2.45) is 5.92 Å². The summed E-state index contributed by atoms with van der Waals surface area (Å²) in [5, 5.41) is 0. The Hall–Kier alpha value is -1.44. The lowest BCUT2D eigenvalue weighted by Gasteiger charge is -2.45. The van der Waals surface area contributed by atoms with Crippen molar-refractivity contribution in [3.8, 4) is 0 Å². The molecule has 0 unspecified atom stereocenters. The van der Waals surface area contributed by atoms with E-state index >= 15 is 0 Å². The van der Waals surface area contributed by atoms with Gasteiger partial charge in [0.15, 0.2) is 0 Å². The lowest BCUT2D eigenvalue weighted by Crippen LogP contribution is -2.61. The zero-order valence-corrected chi connectivity index (χ0v) is 15.6. The molecule has 6 nitrogen and oxygen atoms in total. The second-order valence-electron chi connectivity index (χ2n) is 6.95. The smallest absolute Gasteiger partial charge is 0.243 e. The molecule has 138 valence electrons. The summed E-state index contributed by atoms with van der Waals surface area (Å²) < 4.78 is 33.0. The van der Waals surface area contributed by atoms with Crippen LogP contribution in [0.1, 0.15) is 26.7 Å². The van der Waals surface area contributed by atoms with Gasteiger partial charge in [-0.05, 0) is 18.6 Å². The van der Waals surface area contributed by atoms with Crippen LogP contribution in [0.2, 0.25) is 0 Å². The van der Waals surface area contributed by atoms with E-state index in [1.807, 2.05) is 11.8 Å².